The van der Waals surface area contributed by atoms with Gasteiger partial charge in [0, 0.05) is 6.54 Å². The van der Waals surface area contributed by atoms with Crippen LogP contribution in [0.15, 0.2) is 48.5 Å². The summed E-state index contributed by atoms with van der Waals surface area (Å²) >= 11 is 0. The van der Waals surface area contributed by atoms with Gasteiger partial charge in [0.1, 0.15) is 11.8 Å². The summed E-state index contributed by atoms with van der Waals surface area (Å²) in [7, 11) is -3.60. The number of sulfonamides is 1. The molecule has 0 aromatic heterocycles. The van der Waals surface area contributed by atoms with Gasteiger partial charge in [0.25, 0.3) is 0 Å². The van der Waals surface area contributed by atoms with Crippen LogP contribution in [0, 0.1) is 6.92 Å². The molecule has 0 radical (unpaired) electrons. The fourth-order valence-corrected chi connectivity index (χ4v) is 4.33. The van der Waals surface area contributed by atoms with E-state index < -0.39 is 16.1 Å². The van der Waals surface area contributed by atoms with Crippen molar-refractivity contribution in [2.45, 2.75) is 52.7 Å². The number of carbonyl (C=O) groups is 1. The minimum Gasteiger partial charge on any atom is -0.491 e. The van der Waals surface area contributed by atoms with E-state index in [4.69, 9.17) is 4.74 Å². The van der Waals surface area contributed by atoms with Gasteiger partial charge in [-0.2, -0.15) is 0 Å². The molecule has 1 amide bonds. The number of hydrogen-bond acceptors (Lipinski definition) is 4. The van der Waals surface area contributed by atoms with Crippen LogP contribution >= 0.6 is 0 Å². The molecule has 2 aromatic rings. The Hall–Kier alpha value is -2.54. The van der Waals surface area contributed by atoms with E-state index >= 15 is 0 Å². The lowest BCUT2D eigenvalue weighted by Crippen LogP contribution is -2.48. The highest BCUT2D eigenvalue weighted by Crippen LogP contribution is 2.21. The molecule has 0 spiro atoms. The molecule has 6 nitrogen and oxygen atoms in total. The lowest BCUT2D eigenvalue weighted by atomic mass is 10.1. The summed E-state index contributed by atoms with van der Waals surface area (Å²) in [5.74, 6) is 0.523. The van der Waals surface area contributed by atoms with Crippen molar-refractivity contribution in [1.29, 1.82) is 0 Å². The molecule has 30 heavy (non-hydrogen) atoms. The second-order valence-corrected chi connectivity index (χ2v) is 9.63. The molecule has 1 atom stereocenters. The summed E-state index contributed by atoms with van der Waals surface area (Å²) in [5, 5.41) is 2.85. The normalized spacial score (nSPS) is 12.5. The van der Waals surface area contributed by atoms with Gasteiger partial charge in [-0.25, -0.2) is 8.42 Å². The third kappa shape index (κ3) is 7.06. The maximum Gasteiger partial charge on any atom is 0.243 e. The molecule has 0 saturated heterocycles. The average Bonchev–Trinajstić information content (AvgIpc) is 2.66. The van der Waals surface area contributed by atoms with E-state index in [1.54, 1.807) is 19.1 Å². The van der Waals surface area contributed by atoms with E-state index in [0.717, 1.165) is 40.3 Å². The van der Waals surface area contributed by atoms with Crippen molar-refractivity contribution in [1.82, 2.24) is 5.32 Å². The summed E-state index contributed by atoms with van der Waals surface area (Å²) in [5.41, 5.74) is 2.66. The van der Waals surface area contributed by atoms with Gasteiger partial charge in [0.05, 0.1) is 18.0 Å². The van der Waals surface area contributed by atoms with Crippen LogP contribution < -0.4 is 14.4 Å². The van der Waals surface area contributed by atoms with Gasteiger partial charge in [-0.3, -0.25) is 9.10 Å². The standard InChI is InChI=1S/C23H32N2O4S/c1-17(2)29-22-14-10-20(11-15-22)7-6-16-24-23(26)19(4)25(30(5,27)28)21-12-8-18(3)9-13-21/h8-15,17,19H,6-7,16H2,1-5H3,(H,24,26)/t19-/m0/s1. The number of amides is 1. The van der Waals surface area contributed by atoms with Crippen LogP contribution in [0.2, 0.25) is 0 Å². The Labute approximate surface area is 180 Å². The molecule has 0 unspecified atom stereocenters. The maximum atomic E-state index is 12.6. The molecule has 0 aliphatic heterocycles. The first kappa shape index (κ1) is 23.7. The molecule has 2 aromatic carbocycles. The van der Waals surface area contributed by atoms with Crippen LogP contribution in [0.5, 0.6) is 5.75 Å². The summed E-state index contributed by atoms with van der Waals surface area (Å²) in [6.07, 6.45) is 2.82. The topological polar surface area (TPSA) is 75.7 Å². The molecular weight excluding hydrogens is 400 g/mol. The predicted molar refractivity (Wildman–Crippen MR) is 122 cm³/mol. The Morgan fingerprint density at radius 2 is 1.63 bits per heavy atom. The number of rotatable bonds is 10. The van der Waals surface area contributed by atoms with E-state index in [1.165, 1.54) is 0 Å². The lowest BCUT2D eigenvalue weighted by molar-refractivity contribution is -0.121. The molecule has 0 aliphatic rings. The highest BCUT2D eigenvalue weighted by molar-refractivity contribution is 7.92. The molecule has 0 saturated carbocycles. The van der Waals surface area contributed by atoms with Crippen molar-refractivity contribution >= 4 is 21.6 Å². The fraction of sp³-hybridized carbons (Fsp3) is 0.435. The zero-order valence-corrected chi connectivity index (χ0v) is 19.2. The van der Waals surface area contributed by atoms with Crippen LogP contribution in [0.25, 0.3) is 0 Å². The minimum atomic E-state index is -3.60. The fourth-order valence-electron chi connectivity index (χ4n) is 3.16. The summed E-state index contributed by atoms with van der Waals surface area (Å²) in [6, 6.07) is 14.2. The predicted octanol–water partition coefficient (Wildman–Crippen LogP) is 3.69. The summed E-state index contributed by atoms with van der Waals surface area (Å²) < 4.78 is 31.4. The van der Waals surface area contributed by atoms with E-state index in [1.807, 2.05) is 57.2 Å². The number of anilines is 1. The Balaban J connectivity index is 1.90. The van der Waals surface area contributed by atoms with E-state index in [2.05, 4.69) is 5.32 Å². The molecular formula is C23H32N2O4S. The zero-order chi connectivity index (χ0) is 22.3. The molecule has 0 bridgehead atoms. The van der Waals surface area contributed by atoms with E-state index in [0.29, 0.717) is 12.2 Å². The van der Waals surface area contributed by atoms with Gasteiger partial charge in [-0.1, -0.05) is 29.8 Å². The van der Waals surface area contributed by atoms with Gasteiger partial charge in [0.15, 0.2) is 0 Å². The van der Waals surface area contributed by atoms with Crippen molar-refractivity contribution in [3.8, 4) is 5.75 Å². The second kappa shape index (κ2) is 10.5. The number of ether oxygens (including phenoxy) is 1. The van der Waals surface area contributed by atoms with Crippen LogP contribution in [0.1, 0.15) is 38.3 Å². The van der Waals surface area contributed by atoms with Gasteiger partial charge in [-0.05, 0) is 70.4 Å². The van der Waals surface area contributed by atoms with Gasteiger partial charge < -0.3 is 10.1 Å². The third-order valence-corrected chi connectivity index (χ3v) is 5.86. The second-order valence-electron chi connectivity index (χ2n) is 7.78. The smallest absolute Gasteiger partial charge is 0.243 e. The molecule has 7 heteroatoms. The Kier molecular flexibility index (Phi) is 8.29. The van der Waals surface area contributed by atoms with Crippen LogP contribution in [0.4, 0.5) is 5.69 Å². The van der Waals surface area contributed by atoms with Crippen molar-refractivity contribution in [2.24, 2.45) is 0 Å². The highest BCUT2D eigenvalue weighted by atomic mass is 32.2. The first-order valence-corrected chi connectivity index (χ1v) is 12.0. The average molecular weight is 433 g/mol. The Morgan fingerprint density at radius 1 is 1.03 bits per heavy atom. The first-order chi connectivity index (χ1) is 14.1. The summed E-state index contributed by atoms with van der Waals surface area (Å²) in [6.45, 7) is 7.97. The van der Waals surface area contributed by atoms with Crippen molar-refractivity contribution in [3.63, 3.8) is 0 Å². The number of benzene rings is 2. The lowest BCUT2D eigenvalue weighted by Gasteiger charge is -2.28. The number of carbonyl (C=O) groups excluding carboxylic acids is 1. The van der Waals surface area contributed by atoms with E-state index in [9.17, 15) is 13.2 Å². The number of nitrogens with zero attached hydrogens (tertiary/aromatic N) is 1. The zero-order valence-electron chi connectivity index (χ0n) is 18.4. The third-order valence-electron chi connectivity index (χ3n) is 4.61. The van der Waals surface area contributed by atoms with Crippen LogP contribution in [-0.2, 0) is 21.2 Å². The molecule has 2 rings (SSSR count). The number of aryl methyl sites for hydroxylation is 2. The molecule has 0 fully saturated rings. The molecule has 0 heterocycles. The number of hydrogen-bond donors (Lipinski definition) is 1. The monoisotopic (exact) mass is 432 g/mol. The molecule has 1 N–H and O–H groups in total. The SMILES string of the molecule is Cc1ccc(N([C@@H](C)C(=O)NCCCc2ccc(OC(C)C)cc2)S(C)(=O)=O)cc1. The quantitative estimate of drug-likeness (QED) is 0.581. The van der Waals surface area contributed by atoms with Gasteiger partial charge in [-0.15, -0.1) is 0 Å². The number of nitrogens with one attached hydrogen (secondary N) is 1. The van der Waals surface area contributed by atoms with Crippen molar-refractivity contribution in [2.75, 3.05) is 17.1 Å². The van der Waals surface area contributed by atoms with Gasteiger partial charge >= 0.3 is 0 Å². The Bertz CT molecular complexity index is 923. The van der Waals surface area contributed by atoms with Crippen molar-refractivity contribution in [3.05, 3.63) is 59.7 Å². The van der Waals surface area contributed by atoms with Crippen LogP contribution in [-0.4, -0.2) is 39.3 Å². The maximum absolute atomic E-state index is 12.6. The van der Waals surface area contributed by atoms with Crippen molar-refractivity contribution < 1.29 is 17.9 Å². The Morgan fingerprint density at radius 3 is 2.17 bits per heavy atom. The molecule has 164 valence electrons. The highest BCUT2D eigenvalue weighted by Gasteiger charge is 2.28. The minimum absolute atomic E-state index is 0.138. The summed E-state index contributed by atoms with van der Waals surface area (Å²) in [4.78, 5) is 12.6. The van der Waals surface area contributed by atoms with E-state index in [-0.39, 0.29) is 12.0 Å². The first-order valence-electron chi connectivity index (χ1n) is 10.2. The van der Waals surface area contributed by atoms with Gasteiger partial charge in [0.2, 0.25) is 15.9 Å². The van der Waals surface area contributed by atoms with Crippen LogP contribution in [0.3, 0.4) is 0 Å². The largest absolute Gasteiger partial charge is 0.491 e. The molecule has 0 aliphatic carbocycles.